The van der Waals surface area contributed by atoms with Gasteiger partial charge in [0.25, 0.3) is 0 Å². The second kappa shape index (κ2) is 5.32. The van der Waals surface area contributed by atoms with Crippen LogP contribution >= 0.6 is 22.6 Å². The van der Waals surface area contributed by atoms with Gasteiger partial charge >= 0.3 is 0 Å². The molecule has 0 amide bonds. The van der Waals surface area contributed by atoms with Gasteiger partial charge in [0.1, 0.15) is 4.17 Å². The highest BCUT2D eigenvalue weighted by Gasteiger charge is 2.11. The average Bonchev–Trinajstić information content (AvgIpc) is 2.00. The van der Waals surface area contributed by atoms with Gasteiger partial charge in [0, 0.05) is 0 Å². The zero-order valence-electron chi connectivity index (χ0n) is 7.26. The summed E-state index contributed by atoms with van der Waals surface area (Å²) in [6, 6.07) is 0. The molecule has 0 aliphatic rings. The van der Waals surface area contributed by atoms with E-state index in [1.54, 1.807) is 0 Å². The zero-order chi connectivity index (χ0) is 8.15. The predicted octanol–water partition coefficient (Wildman–Crippen LogP) is 1.61. The number of nitrogens with zero attached hydrogens (tertiary/aromatic N) is 2. The van der Waals surface area contributed by atoms with Gasteiger partial charge in [-0.2, -0.15) is 0 Å². The first kappa shape index (κ1) is 10.7. The molecule has 3 heteroatoms. The first-order chi connectivity index (χ1) is 4.63. The maximum absolute atomic E-state index is 2.45. The van der Waals surface area contributed by atoms with Gasteiger partial charge in [-0.05, 0) is 49.8 Å². The second-order valence-corrected chi connectivity index (χ2v) is 3.57. The molecular formula is C7H17IN2. The summed E-state index contributed by atoms with van der Waals surface area (Å²) >= 11 is 2.45. The fourth-order valence-corrected chi connectivity index (χ4v) is 1.43. The minimum Gasteiger partial charge on any atom is -0.283 e. The third-order valence-electron chi connectivity index (χ3n) is 1.73. The molecule has 62 valence electrons. The Labute approximate surface area is 77.7 Å². The minimum atomic E-state index is 0.535. The molecule has 0 unspecified atom stereocenters. The van der Waals surface area contributed by atoms with Crippen molar-refractivity contribution >= 4 is 22.6 Å². The predicted molar refractivity (Wildman–Crippen MR) is 54.4 cm³/mol. The molecule has 0 aromatic heterocycles. The fraction of sp³-hybridized carbons (Fsp3) is 1.00. The van der Waals surface area contributed by atoms with E-state index in [9.17, 15) is 0 Å². The average molecular weight is 256 g/mol. The van der Waals surface area contributed by atoms with Crippen LogP contribution in [-0.2, 0) is 0 Å². The van der Waals surface area contributed by atoms with E-state index in [0.29, 0.717) is 4.17 Å². The highest BCUT2D eigenvalue weighted by molar-refractivity contribution is 14.1. The van der Waals surface area contributed by atoms with E-state index in [4.69, 9.17) is 0 Å². The van der Waals surface area contributed by atoms with Crippen molar-refractivity contribution < 1.29 is 0 Å². The maximum Gasteiger partial charge on any atom is 0.115 e. The van der Waals surface area contributed by atoms with Crippen LogP contribution in [0.3, 0.4) is 0 Å². The van der Waals surface area contributed by atoms with Gasteiger partial charge in [-0.3, -0.25) is 9.80 Å². The summed E-state index contributed by atoms with van der Waals surface area (Å²) in [5, 5.41) is 0. The summed E-state index contributed by atoms with van der Waals surface area (Å²) in [6.07, 6.45) is 0. The lowest BCUT2D eigenvalue weighted by Gasteiger charge is -2.29. The van der Waals surface area contributed by atoms with Crippen molar-refractivity contribution in [2.24, 2.45) is 0 Å². The SMILES string of the molecule is CCN(C)C(I)N(C)CC. The van der Waals surface area contributed by atoms with Crippen LogP contribution in [0.1, 0.15) is 13.8 Å². The molecule has 0 N–H and O–H groups in total. The smallest absolute Gasteiger partial charge is 0.115 e. The molecule has 0 rings (SSSR count). The monoisotopic (exact) mass is 256 g/mol. The van der Waals surface area contributed by atoms with Crippen molar-refractivity contribution in [1.29, 1.82) is 0 Å². The van der Waals surface area contributed by atoms with Crippen LogP contribution in [-0.4, -0.2) is 41.2 Å². The van der Waals surface area contributed by atoms with Gasteiger partial charge in [-0.25, -0.2) is 0 Å². The number of alkyl halides is 1. The lowest BCUT2D eigenvalue weighted by molar-refractivity contribution is 0.179. The van der Waals surface area contributed by atoms with E-state index in [2.05, 4.69) is 60.3 Å². The first-order valence-corrected chi connectivity index (χ1v) is 4.92. The van der Waals surface area contributed by atoms with Gasteiger partial charge in [0.15, 0.2) is 0 Å². The molecule has 0 spiro atoms. The third kappa shape index (κ3) is 3.16. The first-order valence-electron chi connectivity index (χ1n) is 3.68. The molecule has 0 aliphatic heterocycles. The standard InChI is InChI=1S/C7H17IN2/c1-5-9(3)7(8)10(4)6-2/h7H,5-6H2,1-4H3. The van der Waals surface area contributed by atoms with Crippen LogP contribution in [0.2, 0.25) is 0 Å². The van der Waals surface area contributed by atoms with E-state index in [-0.39, 0.29) is 0 Å². The van der Waals surface area contributed by atoms with Gasteiger partial charge in [0.05, 0.1) is 0 Å². The molecule has 0 bridgehead atoms. The highest BCUT2D eigenvalue weighted by atomic mass is 127. The number of halogens is 1. The summed E-state index contributed by atoms with van der Waals surface area (Å²) in [4.78, 5) is 4.62. The van der Waals surface area contributed by atoms with Crippen molar-refractivity contribution in [3.8, 4) is 0 Å². The lowest BCUT2D eigenvalue weighted by atomic mass is 10.6. The summed E-state index contributed by atoms with van der Waals surface area (Å²) in [5.41, 5.74) is 0. The molecule has 0 radical (unpaired) electrons. The third-order valence-corrected chi connectivity index (χ3v) is 3.63. The largest absolute Gasteiger partial charge is 0.283 e. The second-order valence-electron chi connectivity index (χ2n) is 2.46. The van der Waals surface area contributed by atoms with E-state index in [1.807, 2.05) is 0 Å². The Morgan fingerprint density at radius 2 is 1.40 bits per heavy atom. The summed E-state index contributed by atoms with van der Waals surface area (Å²) in [6.45, 7) is 6.57. The van der Waals surface area contributed by atoms with Gasteiger partial charge in [-0.15, -0.1) is 0 Å². The van der Waals surface area contributed by atoms with Crippen molar-refractivity contribution in [3.05, 3.63) is 0 Å². The van der Waals surface area contributed by atoms with Crippen molar-refractivity contribution in [3.63, 3.8) is 0 Å². The van der Waals surface area contributed by atoms with Gasteiger partial charge in [0.2, 0.25) is 0 Å². The lowest BCUT2D eigenvalue weighted by Crippen LogP contribution is -2.39. The maximum atomic E-state index is 2.45. The Morgan fingerprint density at radius 3 is 1.60 bits per heavy atom. The molecule has 0 aromatic carbocycles. The number of hydrogen-bond acceptors (Lipinski definition) is 2. The van der Waals surface area contributed by atoms with Crippen LogP contribution in [0.4, 0.5) is 0 Å². The highest BCUT2D eigenvalue weighted by Crippen LogP contribution is 2.08. The van der Waals surface area contributed by atoms with Crippen LogP contribution < -0.4 is 0 Å². The van der Waals surface area contributed by atoms with E-state index < -0.39 is 0 Å². The van der Waals surface area contributed by atoms with Crippen LogP contribution in [0.5, 0.6) is 0 Å². The number of rotatable bonds is 4. The Morgan fingerprint density at radius 1 is 1.10 bits per heavy atom. The summed E-state index contributed by atoms with van der Waals surface area (Å²) in [5.74, 6) is 0. The normalized spacial score (nSPS) is 12.0. The Balaban J connectivity index is 3.69. The van der Waals surface area contributed by atoms with Crippen LogP contribution in [0.25, 0.3) is 0 Å². The van der Waals surface area contributed by atoms with E-state index >= 15 is 0 Å². The molecule has 0 saturated heterocycles. The molecule has 10 heavy (non-hydrogen) atoms. The van der Waals surface area contributed by atoms with Gasteiger partial charge < -0.3 is 0 Å². The molecule has 0 aromatic rings. The molecule has 0 saturated carbocycles. The summed E-state index contributed by atoms with van der Waals surface area (Å²) < 4.78 is 0.535. The Hall–Kier alpha value is 0.650. The molecule has 0 atom stereocenters. The molecule has 0 aliphatic carbocycles. The summed E-state index contributed by atoms with van der Waals surface area (Å²) in [7, 11) is 4.28. The topological polar surface area (TPSA) is 6.48 Å². The van der Waals surface area contributed by atoms with Crippen LogP contribution in [0, 0.1) is 0 Å². The van der Waals surface area contributed by atoms with Crippen molar-refractivity contribution in [2.75, 3.05) is 27.2 Å². The molecular weight excluding hydrogens is 239 g/mol. The molecule has 2 nitrogen and oxygen atoms in total. The van der Waals surface area contributed by atoms with Crippen molar-refractivity contribution in [1.82, 2.24) is 9.80 Å². The number of hydrogen-bond donors (Lipinski definition) is 0. The zero-order valence-corrected chi connectivity index (χ0v) is 9.42. The van der Waals surface area contributed by atoms with Crippen LogP contribution in [0.15, 0.2) is 0 Å². The Kier molecular flexibility index (Phi) is 5.67. The van der Waals surface area contributed by atoms with Gasteiger partial charge in [-0.1, -0.05) is 13.8 Å². The molecule has 0 fully saturated rings. The van der Waals surface area contributed by atoms with Crippen molar-refractivity contribution in [2.45, 2.75) is 18.0 Å². The fourth-order valence-electron chi connectivity index (χ4n) is 0.638. The minimum absolute atomic E-state index is 0.535. The van der Waals surface area contributed by atoms with E-state index in [1.165, 1.54) is 0 Å². The molecule has 0 heterocycles. The van der Waals surface area contributed by atoms with E-state index in [0.717, 1.165) is 13.1 Å². The quantitative estimate of drug-likeness (QED) is 0.326. The Bertz CT molecular complexity index is 77.7.